The molecule has 0 aliphatic carbocycles. The highest BCUT2D eigenvalue weighted by atomic mass is 32.2. The molecule has 0 aromatic heterocycles. The van der Waals surface area contributed by atoms with Crippen molar-refractivity contribution < 1.29 is 24.2 Å². The summed E-state index contributed by atoms with van der Waals surface area (Å²) in [4.78, 5) is 32.4. The summed E-state index contributed by atoms with van der Waals surface area (Å²) in [6, 6.07) is 25.7. The van der Waals surface area contributed by atoms with Crippen molar-refractivity contribution in [1.82, 2.24) is 4.90 Å². The number of methoxy groups -OCH3 is 1. The number of ether oxygens (including phenoxy) is 2. The van der Waals surface area contributed by atoms with E-state index in [9.17, 15) is 14.7 Å². The highest BCUT2D eigenvalue weighted by Crippen LogP contribution is 2.49. The number of carbonyl (C=O) groups excluding carboxylic acids is 2. The highest BCUT2D eigenvalue weighted by Gasteiger charge is 2.42. The van der Waals surface area contributed by atoms with E-state index >= 15 is 0 Å². The first-order chi connectivity index (χ1) is 18.9. The number of esters is 1. The van der Waals surface area contributed by atoms with E-state index in [1.54, 1.807) is 24.1 Å². The van der Waals surface area contributed by atoms with Gasteiger partial charge in [0.05, 0.1) is 18.0 Å². The number of nitrogens with zero attached hydrogens (tertiary/aromatic N) is 2. The second kappa shape index (κ2) is 11.4. The second-order valence-corrected chi connectivity index (χ2v) is 10.7. The van der Waals surface area contributed by atoms with Crippen molar-refractivity contribution in [2.24, 2.45) is 0 Å². The molecule has 0 saturated carbocycles. The summed E-state index contributed by atoms with van der Waals surface area (Å²) in [7, 11) is 5.50. The molecule has 4 aromatic carbocycles. The zero-order valence-corrected chi connectivity index (χ0v) is 22.9. The van der Waals surface area contributed by atoms with E-state index in [-0.39, 0.29) is 17.2 Å². The van der Waals surface area contributed by atoms with Crippen molar-refractivity contribution in [3.63, 3.8) is 0 Å². The van der Waals surface area contributed by atoms with Gasteiger partial charge < -0.3 is 24.4 Å². The summed E-state index contributed by atoms with van der Waals surface area (Å²) in [6.07, 6.45) is -1.15. The SMILES string of the molecule is COc1ccc([C@@H]2Sc3c(ccc4ccccc34)N(CCN(C)C)C(=O)[C@@H]2OC(=O)c2ccccc2O)cc1. The van der Waals surface area contributed by atoms with Gasteiger partial charge in [0.2, 0.25) is 0 Å². The van der Waals surface area contributed by atoms with Crippen LogP contribution < -0.4 is 9.64 Å². The number of phenolic OH excluding ortho intramolecular Hbond substituents is 1. The monoisotopic (exact) mass is 542 g/mol. The molecule has 1 N–H and O–H groups in total. The van der Waals surface area contributed by atoms with Gasteiger partial charge in [-0.1, -0.05) is 54.6 Å². The van der Waals surface area contributed by atoms with Gasteiger partial charge in [-0.25, -0.2) is 4.79 Å². The predicted octanol–water partition coefficient (Wildman–Crippen LogP) is 5.52. The van der Waals surface area contributed by atoms with Gasteiger partial charge in [-0.15, -0.1) is 11.8 Å². The fourth-order valence-electron chi connectivity index (χ4n) is 4.66. The number of fused-ring (bicyclic) bond motifs is 3. The summed E-state index contributed by atoms with van der Waals surface area (Å²) in [6.45, 7) is 1.04. The van der Waals surface area contributed by atoms with E-state index in [1.807, 2.05) is 73.6 Å². The molecule has 1 amide bonds. The number of benzene rings is 4. The fraction of sp³-hybridized carbons (Fsp3) is 0.226. The zero-order valence-electron chi connectivity index (χ0n) is 22.0. The molecule has 1 aliphatic rings. The van der Waals surface area contributed by atoms with Crippen LogP contribution in [0.25, 0.3) is 10.8 Å². The number of thioether (sulfide) groups is 1. The van der Waals surface area contributed by atoms with Gasteiger partial charge >= 0.3 is 5.97 Å². The lowest BCUT2D eigenvalue weighted by molar-refractivity contribution is -0.127. The summed E-state index contributed by atoms with van der Waals surface area (Å²) in [5.41, 5.74) is 1.61. The van der Waals surface area contributed by atoms with Crippen molar-refractivity contribution in [2.45, 2.75) is 16.2 Å². The molecule has 7 nitrogen and oxygen atoms in total. The Hall–Kier alpha value is -4.01. The number of hydrogen-bond acceptors (Lipinski definition) is 7. The number of carbonyl (C=O) groups is 2. The summed E-state index contributed by atoms with van der Waals surface area (Å²) < 4.78 is 11.3. The number of para-hydroxylation sites is 1. The Balaban J connectivity index is 1.66. The normalized spacial score (nSPS) is 17.1. The number of likely N-dealkylation sites (N-methyl/N-ethyl adjacent to an activating group) is 1. The fourth-order valence-corrected chi connectivity index (χ4v) is 6.12. The maximum atomic E-state index is 14.3. The number of aromatic hydroxyl groups is 1. The van der Waals surface area contributed by atoms with Gasteiger partial charge in [0.25, 0.3) is 5.91 Å². The number of hydrogen-bond donors (Lipinski definition) is 1. The van der Waals surface area contributed by atoms with E-state index in [2.05, 4.69) is 6.07 Å². The maximum Gasteiger partial charge on any atom is 0.342 e. The lowest BCUT2D eigenvalue weighted by Crippen LogP contribution is -2.45. The van der Waals surface area contributed by atoms with Crippen LogP contribution in [0.4, 0.5) is 5.69 Å². The molecule has 0 fully saturated rings. The van der Waals surface area contributed by atoms with Gasteiger partial charge in [-0.3, -0.25) is 4.79 Å². The van der Waals surface area contributed by atoms with Crippen LogP contribution in [-0.4, -0.2) is 62.3 Å². The predicted molar refractivity (Wildman–Crippen MR) is 154 cm³/mol. The van der Waals surface area contributed by atoms with Crippen LogP contribution in [0.5, 0.6) is 11.5 Å². The molecule has 4 aromatic rings. The van der Waals surface area contributed by atoms with E-state index in [4.69, 9.17) is 9.47 Å². The van der Waals surface area contributed by atoms with Crippen molar-refractivity contribution in [3.05, 3.63) is 96.1 Å². The van der Waals surface area contributed by atoms with E-state index in [1.165, 1.54) is 23.9 Å². The van der Waals surface area contributed by atoms with Crippen molar-refractivity contribution in [1.29, 1.82) is 0 Å². The smallest absolute Gasteiger partial charge is 0.342 e. The van der Waals surface area contributed by atoms with E-state index in [0.29, 0.717) is 18.8 Å². The number of amides is 1. The molecule has 5 rings (SSSR count). The molecule has 39 heavy (non-hydrogen) atoms. The van der Waals surface area contributed by atoms with Crippen LogP contribution in [0.2, 0.25) is 0 Å². The minimum absolute atomic E-state index is 0.0100. The third-order valence-corrected chi connectivity index (χ3v) is 8.19. The first-order valence-electron chi connectivity index (χ1n) is 12.6. The van der Waals surface area contributed by atoms with E-state index < -0.39 is 17.3 Å². The molecule has 1 heterocycles. The van der Waals surface area contributed by atoms with Gasteiger partial charge in [-0.05, 0) is 60.8 Å². The van der Waals surface area contributed by atoms with Crippen LogP contribution >= 0.6 is 11.8 Å². The van der Waals surface area contributed by atoms with Gasteiger partial charge in [0.15, 0.2) is 6.10 Å². The second-order valence-electron chi connectivity index (χ2n) is 9.58. The van der Waals surface area contributed by atoms with E-state index in [0.717, 1.165) is 26.9 Å². The number of anilines is 1. The first kappa shape index (κ1) is 26.6. The van der Waals surface area contributed by atoms with Gasteiger partial charge in [-0.2, -0.15) is 0 Å². The largest absolute Gasteiger partial charge is 0.507 e. The topological polar surface area (TPSA) is 79.3 Å². The highest BCUT2D eigenvalue weighted by molar-refractivity contribution is 8.00. The summed E-state index contributed by atoms with van der Waals surface area (Å²) in [5.74, 6) is -0.585. The molecule has 0 bridgehead atoms. The Morgan fingerprint density at radius 1 is 0.974 bits per heavy atom. The molecule has 0 saturated heterocycles. The quantitative estimate of drug-likeness (QED) is 0.308. The average molecular weight is 543 g/mol. The van der Waals surface area contributed by atoms with Crippen molar-refractivity contribution >= 4 is 40.1 Å². The Morgan fingerprint density at radius 2 is 1.69 bits per heavy atom. The Bertz CT molecular complexity index is 1500. The van der Waals surface area contributed by atoms with Crippen LogP contribution in [0.15, 0.2) is 89.8 Å². The minimum atomic E-state index is -1.15. The minimum Gasteiger partial charge on any atom is -0.507 e. The maximum absolute atomic E-state index is 14.3. The van der Waals surface area contributed by atoms with Crippen LogP contribution in [0.1, 0.15) is 21.2 Å². The molecule has 0 unspecified atom stereocenters. The van der Waals surface area contributed by atoms with Gasteiger partial charge in [0, 0.05) is 18.0 Å². The van der Waals surface area contributed by atoms with Crippen LogP contribution in [0, 0.1) is 0 Å². The molecule has 8 heteroatoms. The Morgan fingerprint density at radius 3 is 2.41 bits per heavy atom. The van der Waals surface area contributed by atoms with Crippen LogP contribution in [0.3, 0.4) is 0 Å². The lowest BCUT2D eigenvalue weighted by Gasteiger charge is -2.29. The number of rotatable bonds is 7. The molecule has 0 spiro atoms. The standard InChI is InChI=1S/C31H30N2O5S/c1-32(2)18-19-33-25-17-14-20-8-4-5-9-23(20)29(25)39-28(21-12-15-22(37-3)16-13-21)27(30(33)35)38-31(36)24-10-6-7-11-26(24)34/h4-17,27-28,34H,18-19H2,1-3H3/t27-,28+/m1/s1. The molecular formula is C31H30N2O5S. The van der Waals surface area contributed by atoms with Gasteiger partial charge in [0.1, 0.15) is 17.1 Å². The lowest BCUT2D eigenvalue weighted by atomic mass is 10.0. The molecule has 200 valence electrons. The molecule has 1 aliphatic heterocycles. The Labute approximate surface area is 231 Å². The summed E-state index contributed by atoms with van der Waals surface area (Å²) in [5, 5.41) is 11.8. The first-order valence-corrected chi connectivity index (χ1v) is 13.5. The third kappa shape index (κ3) is 5.44. The summed E-state index contributed by atoms with van der Waals surface area (Å²) >= 11 is 1.51. The Kier molecular flexibility index (Phi) is 7.77. The van der Waals surface area contributed by atoms with Crippen LogP contribution in [-0.2, 0) is 9.53 Å². The molecule has 0 radical (unpaired) electrons. The number of phenols is 1. The third-order valence-electron chi connectivity index (χ3n) is 6.75. The average Bonchev–Trinajstić information content (AvgIpc) is 3.06. The van der Waals surface area contributed by atoms with Crippen molar-refractivity contribution in [3.8, 4) is 11.5 Å². The van der Waals surface area contributed by atoms with Crippen molar-refractivity contribution in [2.75, 3.05) is 39.2 Å². The molecular weight excluding hydrogens is 512 g/mol. The molecule has 2 atom stereocenters. The zero-order chi connectivity index (χ0) is 27.5.